The van der Waals surface area contributed by atoms with Crippen LogP contribution in [0.5, 0.6) is 17.2 Å². The Bertz CT molecular complexity index is 1900. The lowest BCUT2D eigenvalue weighted by Crippen LogP contribution is -2.71. The van der Waals surface area contributed by atoms with Gasteiger partial charge in [-0.25, -0.2) is 24.6 Å². The van der Waals surface area contributed by atoms with Gasteiger partial charge in [0.25, 0.3) is 0 Å². The van der Waals surface area contributed by atoms with Crippen molar-refractivity contribution in [3.63, 3.8) is 0 Å². The van der Waals surface area contributed by atoms with Gasteiger partial charge in [-0.2, -0.15) is 4.48 Å². The van der Waals surface area contributed by atoms with Crippen LogP contribution in [0.15, 0.2) is 36.4 Å². The van der Waals surface area contributed by atoms with Crippen LogP contribution in [0.2, 0.25) is 0 Å². The smallest absolute Gasteiger partial charge is 0.437 e. The number of amides is 6. The van der Waals surface area contributed by atoms with Gasteiger partial charge in [-0.15, -0.1) is 0 Å². The molecule has 3 aromatic carbocycles. The van der Waals surface area contributed by atoms with Crippen molar-refractivity contribution in [2.45, 2.75) is 177 Å². The zero-order valence-electron chi connectivity index (χ0n) is 38.0. The average Bonchev–Trinajstić information content (AvgIpc) is 3.00. The summed E-state index contributed by atoms with van der Waals surface area (Å²) in [6.07, 6.45) is 0. The van der Waals surface area contributed by atoms with E-state index in [2.05, 4.69) is 5.32 Å². The molecule has 1 fully saturated rings. The molecule has 0 bridgehead atoms. The van der Waals surface area contributed by atoms with Crippen LogP contribution in [0.3, 0.4) is 0 Å². The summed E-state index contributed by atoms with van der Waals surface area (Å²) >= 11 is 0. The number of imide groups is 3. The van der Waals surface area contributed by atoms with Crippen LogP contribution in [0.25, 0.3) is 0 Å². The predicted octanol–water partition coefficient (Wildman–Crippen LogP) is 11.6. The number of rotatable bonds is 6. The fraction of sp³-hybridized carbons (Fsp3) is 0.562. The maximum Gasteiger partial charge on any atom is 0.437 e. The van der Waals surface area contributed by atoms with Crippen LogP contribution in [0.4, 0.5) is 14.4 Å². The Kier molecular flexibility index (Phi) is 11.5. The summed E-state index contributed by atoms with van der Waals surface area (Å²) in [6, 6.07) is 8.88. The van der Waals surface area contributed by atoms with E-state index in [4.69, 9.17) is 0 Å². The Morgan fingerprint density at radius 3 is 0.947 bits per heavy atom. The van der Waals surface area contributed by atoms with Gasteiger partial charge in [0.05, 0.1) is 6.54 Å². The van der Waals surface area contributed by atoms with Gasteiger partial charge in [0, 0.05) is 33.4 Å². The van der Waals surface area contributed by atoms with Gasteiger partial charge in [0.1, 0.15) is 30.3 Å². The predicted molar refractivity (Wildman–Crippen MR) is 229 cm³/mol. The summed E-state index contributed by atoms with van der Waals surface area (Å²) in [7, 11) is 0. The molecule has 1 heterocycles. The number of benzene rings is 3. The molecular formula is C48H70N3O6+. The van der Waals surface area contributed by atoms with E-state index in [0.29, 0.717) is 50.1 Å². The number of hydrogen-bond acceptors (Lipinski definition) is 6. The average molecular weight is 785 g/mol. The lowest BCUT2D eigenvalue weighted by molar-refractivity contribution is -0.802. The van der Waals surface area contributed by atoms with Crippen molar-refractivity contribution in [1.29, 1.82) is 0 Å². The zero-order valence-corrected chi connectivity index (χ0v) is 38.0. The second kappa shape index (κ2) is 14.5. The molecule has 0 saturated carbocycles. The van der Waals surface area contributed by atoms with Gasteiger partial charge in [-0.1, -0.05) is 125 Å². The fourth-order valence-electron chi connectivity index (χ4n) is 7.74. The molecule has 6 amide bonds. The van der Waals surface area contributed by atoms with Crippen molar-refractivity contribution in [1.82, 2.24) is 10.2 Å². The molecule has 9 nitrogen and oxygen atoms in total. The molecule has 9 heteroatoms. The Labute approximate surface area is 342 Å². The number of urea groups is 3. The van der Waals surface area contributed by atoms with E-state index in [-0.39, 0.29) is 36.9 Å². The molecule has 0 atom stereocenters. The normalized spacial score (nSPS) is 16.0. The minimum Gasteiger partial charge on any atom is -0.507 e. The summed E-state index contributed by atoms with van der Waals surface area (Å²) in [5.41, 5.74) is 3.25. The summed E-state index contributed by atoms with van der Waals surface area (Å²) in [5.74, 6) is 0.536. The fourth-order valence-corrected chi connectivity index (χ4v) is 7.74. The van der Waals surface area contributed by atoms with Crippen LogP contribution in [0, 0.1) is 0 Å². The van der Waals surface area contributed by atoms with Gasteiger partial charge in [0.15, 0.2) is 0 Å². The van der Waals surface area contributed by atoms with Gasteiger partial charge in [-0.3, -0.25) is 0 Å². The van der Waals surface area contributed by atoms with Crippen molar-refractivity contribution < 1.29 is 34.2 Å². The first-order valence-electron chi connectivity index (χ1n) is 20.2. The Morgan fingerprint density at radius 2 is 0.702 bits per heavy atom. The monoisotopic (exact) mass is 785 g/mol. The summed E-state index contributed by atoms with van der Waals surface area (Å²) in [5, 5.41) is 37.2. The highest BCUT2D eigenvalue weighted by Crippen LogP contribution is 2.44. The number of nitrogens with one attached hydrogen (secondary N) is 1. The van der Waals surface area contributed by atoms with Gasteiger partial charge in [-0.05, 0) is 85.6 Å². The second-order valence-corrected chi connectivity index (χ2v) is 22.5. The first kappa shape index (κ1) is 45.3. The molecule has 0 radical (unpaired) electrons. The second-order valence-electron chi connectivity index (χ2n) is 22.5. The number of nitrogens with zero attached hydrogens (tertiary/aromatic N) is 2. The maximum absolute atomic E-state index is 15.4. The van der Waals surface area contributed by atoms with Crippen LogP contribution in [-0.2, 0) is 52.1 Å². The van der Waals surface area contributed by atoms with E-state index in [1.807, 2.05) is 161 Å². The Morgan fingerprint density at radius 1 is 0.456 bits per heavy atom. The molecule has 0 unspecified atom stereocenters. The molecule has 0 spiro atoms. The molecule has 1 saturated heterocycles. The van der Waals surface area contributed by atoms with E-state index < -0.39 is 55.1 Å². The molecule has 1 aliphatic heterocycles. The van der Waals surface area contributed by atoms with E-state index in [1.54, 1.807) is 0 Å². The Hall–Kier alpha value is -4.37. The minimum atomic E-state index is -0.825. The topological polar surface area (TPSA) is 127 Å². The third-order valence-corrected chi connectivity index (χ3v) is 11.0. The third kappa shape index (κ3) is 9.19. The first-order valence-corrected chi connectivity index (χ1v) is 20.2. The molecular weight excluding hydrogens is 715 g/mol. The number of carbonyl (C=O) groups excluding carboxylic acids is 3. The van der Waals surface area contributed by atoms with Crippen LogP contribution < -0.4 is 5.32 Å². The van der Waals surface area contributed by atoms with E-state index in [9.17, 15) is 24.9 Å². The quantitative estimate of drug-likeness (QED) is 0.184. The summed E-state index contributed by atoms with van der Waals surface area (Å²) in [6.45, 7) is 35.8. The molecule has 3 aromatic rings. The van der Waals surface area contributed by atoms with Crippen LogP contribution >= 0.6 is 0 Å². The zero-order chi connectivity index (χ0) is 43.8. The number of phenols is 3. The highest BCUT2D eigenvalue weighted by Gasteiger charge is 2.55. The highest BCUT2D eigenvalue weighted by molar-refractivity contribution is 6.05. The van der Waals surface area contributed by atoms with Crippen molar-refractivity contribution in [3.8, 4) is 17.2 Å². The highest BCUT2D eigenvalue weighted by atomic mass is 16.3. The number of quaternary nitrogens is 1. The minimum absolute atomic E-state index is 0.118. The largest absolute Gasteiger partial charge is 0.507 e. The molecule has 4 N–H and O–H groups in total. The number of aromatic hydroxyl groups is 3. The van der Waals surface area contributed by atoms with Gasteiger partial charge < -0.3 is 15.3 Å². The van der Waals surface area contributed by atoms with Crippen molar-refractivity contribution in [3.05, 3.63) is 86.5 Å². The van der Waals surface area contributed by atoms with Crippen molar-refractivity contribution in [2.24, 2.45) is 0 Å². The summed E-state index contributed by atoms with van der Waals surface area (Å²) < 4.78 is -0.808. The van der Waals surface area contributed by atoms with E-state index in [0.717, 1.165) is 4.90 Å². The number of phenolic OH excluding ortho intramolecular Hbond substituents is 3. The number of carbonyl (C=O) groups is 3. The van der Waals surface area contributed by atoms with Crippen molar-refractivity contribution >= 4 is 18.1 Å². The molecule has 1 aliphatic rings. The SMILES string of the molecule is CC(C)(C)c1cc(CN2C(=O)NC(=O)[N+](Cc3cc(C(C)(C)C)c(O)c(C(C)(C)C)c3)(Cc3cc(C(C)(C)C)c(O)c(C(C)(C)C)c3)C2=O)cc(C(C)(C)C)c1O. The summed E-state index contributed by atoms with van der Waals surface area (Å²) in [4.78, 5) is 45.2. The van der Waals surface area contributed by atoms with Crippen LogP contribution in [0.1, 0.15) is 175 Å². The first-order chi connectivity index (χ1) is 25.5. The Balaban J connectivity index is 2.06. The third-order valence-electron chi connectivity index (χ3n) is 11.0. The lowest BCUT2D eigenvalue weighted by atomic mass is 9.78. The molecule has 4 rings (SSSR count). The van der Waals surface area contributed by atoms with Crippen LogP contribution in [-0.4, -0.2) is 42.8 Å². The standard InChI is InChI=1S/C48H69N3O6/c1-43(2,3)31-19-28(20-32(37(31)52)44(4,5)6)25-50-40(55)49-41(56)51(42(50)57,26-29-21-33(45(7,8)9)38(53)34(22-29)46(10,11)12)27-30-23-35(47(13,14)15)39(54)36(24-30)48(16,17)18/h19-24H,25-27H2,1-18H3,(H3-,49,52,53,54,55,56)/p+1. The van der Waals surface area contributed by atoms with Gasteiger partial charge in [0.2, 0.25) is 0 Å². The molecule has 0 aromatic heterocycles. The lowest BCUT2D eigenvalue weighted by Gasteiger charge is -2.40. The molecule has 0 aliphatic carbocycles. The van der Waals surface area contributed by atoms with E-state index >= 15 is 4.79 Å². The van der Waals surface area contributed by atoms with Gasteiger partial charge >= 0.3 is 18.1 Å². The molecule has 312 valence electrons. The molecule has 57 heavy (non-hydrogen) atoms. The number of hydrogen-bond donors (Lipinski definition) is 4. The van der Waals surface area contributed by atoms with E-state index in [1.165, 1.54) is 0 Å². The maximum atomic E-state index is 15.4. The van der Waals surface area contributed by atoms with Crippen molar-refractivity contribution in [2.75, 3.05) is 0 Å².